The summed E-state index contributed by atoms with van der Waals surface area (Å²) in [5.41, 5.74) is 0. The number of carbonyl (C=O) groups excluding carboxylic acids is 1. The first kappa shape index (κ1) is 8.10. The van der Waals surface area contributed by atoms with Gasteiger partial charge in [0, 0.05) is 5.22 Å². The van der Waals surface area contributed by atoms with E-state index in [0.717, 1.165) is 0 Å². The molecule has 1 unspecified atom stereocenters. The standard InChI is InChI=1S/C10H8FNO/c1-6-9(13)5-7-3-2-4-8(11)10(7)12-6/h2-6H,1H3. The number of benzene rings is 1. The first-order chi connectivity index (χ1) is 6.18. The predicted molar refractivity (Wildman–Crippen MR) is 46.1 cm³/mol. The second-order valence-electron chi connectivity index (χ2n) is 3.03. The van der Waals surface area contributed by atoms with E-state index in [1.165, 1.54) is 12.1 Å². The third kappa shape index (κ3) is 1.26. The van der Waals surface area contributed by atoms with Crippen LogP contribution >= 0.6 is 0 Å². The number of Topliss-reactive ketones (excluding diaryl/α,β-unsaturated/α-hetero) is 1. The van der Waals surface area contributed by atoms with Crippen molar-refractivity contribution in [2.24, 2.45) is 4.99 Å². The van der Waals surface area contributed by atoms with Gasteiger partial charge in [0.1, 0.15) is 17.2 Å². The molecule has 1 heterocycles. The largest absolute Gasteiger partial charge is 0.292 e. The van der Waals surface area contributed by atoms with Gasteiger partial charge >= 0.3 is 0 Å². The van der Waals surface area contributed by atoms with E-state index in [-0.39, 0.29) is 11.6 Å². The molecule has 0 radical (unpaired) electrons. The summed E-state index contributed by atoms with van der Waals surface area (Å²) < 4.78 is 13.1. The molecule has 2 rings (SSSR count). The van der Waals surface area contributed by atoms with Crippen LogP contribution in [0.4, 0.5) is 4.39 Å². The maximum absolute atomic E-state index is 13.1. The molecule has 3 heteroatoms. The van der Waals surface area contributed by atoms with Gasteiger partial charge in [0.2, 0.25) is 0 Å². The van der Waals surface area contributed by atoms with Crippen LogP contribution < -0.4 is 10.6 Å². The number of hydrogen-bond donors (Lipinski definition) is 0. The third-order valence-electron chi connectivity index (χ3n) is 2.05. The Morgan fingerprint density at radius 3 is 3.00 bits per heavy atom. The molecule has 1 aliphatic heterocycles. The lowest BCUT2D eigenvalue weighted by molar-refractivity contribution is -0.114. The fourth-order valence-electron chi connectivity index (χ4n) is 1.32. The summed E-state index contributed by atoms with van der Waals surface area (Å²) in [5, 5.41) is 0.873. The number of para-hydroxylation sites is 1. The van der Waals surface area contributed by atoms with Crippen LogP contribution in [0.5, 0.6) is 0 Å². The van der Waals surface area contributed by atoms with Crippen molar-refractivity contribution in [3.63, 3.8) is 0 Å². The summed E-state index contributed by atoms with van der Waals surface area (Å²) in [6, 6.07) is 4.15. The van der Waals surface area contributed by atoms with Gasteiger partial charge in [0.05, 0.1) is 0 Å². The van der Waals surface area contributed by atoms with Crippen molar-refractivity contribution in [3.8, 4) is 0 Å². The normalized spacial score (nSPS) is 20.2. The smallest absolute Gasteiger partial charge is 0.180 e. The molecule has 1 atom stereocenters. The Balaban J connectivity index is 2.84. The van der Waals surface area contributed by atoms with Crippen LogP contribution in [0, 0.1) is 5.82 Å². The topological polar surface area (TPSA) is 29.4 Å². The lowest BCUT2D eigenvalue weighted by Gasteiger charge is -2.06. The van der Waals surface area contributed by atoms with Crippen LogP contribution in [0.3, 0.4) is 0 Å². The SMILES string of the molecule is CC1N=c2c(F)cccc2=CC1=O. The second-order valence-corrected chi connectivity index (χ2v) is 3.03. The van der Waals surface area contributed by atoms with Gasteiger partial charge in [0.15, 0.2) is 5.78 Å². The lowest BCUT2D eigenvalue weighted by atomic mass is 10.1. The average Bonchev–Trinajstić information content (AvgIpc) is 2.09. The predicted octanol–water partition coefficient (Wildman–Crippen LogP) is 0.197. The summed E-state index contributed by atoms with van der Waals surface area (Å²) >= 11 is 0. The molecule has 1 aromatic carbocycles. The summed E-state index contributed by atoms with van der Waals surface area (Å²) in [7, 11) is 0. The highest BCUT2D eigenvalue weighted by atomic mass is 19.1. The van der Waals surface area contributed by atoms with Crippen molar-refractivity contribution in [3.05, 3.63) is 34.6 Å². The molecule has 2 nitrogen and oxygen atoms in total. The summed E-state index contributed by atoms with van der Waals surface area (Å²) in [6.45, 7) is 1.66. The minimum absolute atomic E-state index is 0.0712. The van der Waals surface area contributed by atoms with E-state index in [1.54, 1.807) is 19.1 Å². The van der Waals surface area contributed by atoms with Crippen molar-refractivity contribution in [1.82, 2.24) is 0 Å². The van der Waals surface area contributed by atoms with Gasteiger partial charge in [-0.05, 0) is 19.1 Å². The highest BCUT2D eigenvalue weighted by molar-refractivity contribution is 6.09. The number of carbonyl (C=O) groups is 1. The van der Waals surface area contributed by atoms with Crippen LogP contribution in [0.25, 0.3) is 6.08 Å². The number of halogens is 1. The minimum Gasteiger partial charge on any atom is -0.292 e. The van der Waals surface area contributed by atoms with E-state index in [1.807, 2.05) is 0 Å². The lowest BCUT2D eigenvalue weighted by Crippen LogP contribution is -2.37. The third-order valence-corrected chi connectivity index (χ3v) is 2.05. The molecule has 66 valence electrons. The maximum Gasteiger partial charge on any atom is 0.180 e. The molecular formula is C10H8FNO. The Hall–Kier alpha value is -1.51. The van der Waals surface area contributed by atoms with E-state index in [9.17, 15) is 9.18 Å². The molecule has 0 saturated heterocycles. The van der Waals surface area contributed by atoms with Crippen molar-refractivity contribution in [1.29, 1.82) is 0 Å². The Kier molecular flexibility index (Phi) is 1.72. The van der Waals surface area contributed by atoms with Crippen LogP contribution in [0.2, 0.25) is 0 Å². The molecule has 1 aliphatic rings. The molecule has 0 amide bonds. The van der Waals surface area contributed by atoms with E-state index >= 15 is 0 Å². The molecular weight excluding hydrogens is 169 g/mol. The molecule has 0 aliphatic carbocycles. The van der Waals surface area contributed by atoms with Gasteiger partial charge < -0.3 is 0 Å². The maximum atomic E-state index is 13.1. The van der Waals surface area contributed by atoms with Gasteiger partial charge in [0.25, 0.3) is 0 Å². The van der Waals surface area contributed by atoms with Crippen molar-refractivity contribution in [2.75, 3.05) is 0 Å². The van der Waals surface area contributed by atoms with Gasteiger partial charge in [-0.3, -0.25) is 9.79 Å². The fourth-order valence-corrected chi connectivity index (χ4v) is 1.32. The molecule has 0 spiro atoms. The summed E-state index contributed by atoms with van der Waals surface area (Å²) in [6.07, 6.45) is 1.44. The molecule has 0 saturated carbocycles. The molecule has 0 bridgehead atoms. The zero-order valence-corrected chi connectivity index (χ0v) is 7.12. The number of fused-ring (bicyclic) bond motifs is 1. The van der Waals surface area contributed by atoms with Crippen LogP contribution in [0.15, 0.2) is 23.2 Å². The monoisotopic (exact) mass is 177 g/mol. The van der Waals surface area contributed by atoms with E-state index in [4.69, 9.17) is 0 Å². The van der Waals surface area contributed by atoms with Gasteiger partial charge in [-0.15, -0.1) is 0 Å². The number of ketones is 1. The van der Waals surface area contributed by atoms with E-state index < -0.39 is 6.04 Å². The molecule has 0 fully saturated rings. The Morgan fingerprint density at radius 2 is 2.23 bits per heavy atom. The highest BCUT2D eigenvalue weighted by Gasteiger charge is 2.13. The summed E-state index contributed by atoms with van der Waals surface area (Å²) in [4.78, 5) is 15.2. The number of hydrogen-bond acceptors (Lipinski definition) is 2. The van der Waals surface area contributed by atoms with Gasteiger partial charge in [-0.2, -0.15) is 0 Å². The van der Waals surface area contributed by atoms with E-state index in [2.05, 4.69) is 4.99 Å². The first-order valence-electron chi connectivity index (χ1n) is 4.06. The number of rotatable bonds is 0. The summed E-state index contributed by atoms with van der Waals surface area (Å²) in [5.74, 6) is -0.439. The highest BCUT2D eigenvalue weighted by Crippen LogP contribution is 1.96. The minimum atomic E-state index is -0.454. The van der Waals surface area contributed by atoms with Crippen molar-refractivity contribution < 1.29 is 9.18 Å². The first-order valence-corrected chi connectivity index (χ1v) is 4.06. The molecule has 13 heavy (non-hydrogen) atoms. The number of nitrogens with zero attached hydrogens (tertiary/aromatic N) is 1. The zero-order valence-electron chi connectivity index (χ0n) is 7.12. The van der Waals surface area contributed by atoms with Crippen LogP contribution in [-0.2, 0) is 4.79 Å². The second kappa shape index (κ2) is 2.76. The van der Waals surface area contributed by atoms with Crippen molar-refractivity contribution in [2.45, 2.75) is 13.0 Å². The van der Waals surface area contributed by atoms with Crippen LogP contribution in [0.1, 0.15) is 6.92 Å². The Morgan fingerprint density at radius 1 is 1.46 bits per heavy atom. The molecule has 0 aromatic heterocycles. The average molecular weight is 177 g/mol. The zero-order chi connectivity index (χ0) is 9.42. The molecule has 0 N–H and O–H groups in total. The Bertz CT molecular complexity index is 478. The van der Waals surface area contributed by atoms with E-state index in [0.29, 0.717) is 10.6 Å². The molecule has 1 aromatic rings. The van der Waals surface area contributed by atoms with Gasteiger partial charge in [-0.25, -0.2) is 4.39 Å². The fraction of sp³-hybridized carbons (Fsp3) is 0.200. The Labute approximate surface area is 74.4 Å². The quantitative estimate of drug-likeness (QED) is 0.556. The van der Waals surface area contributed by atoms with Crippen molar-refractivity contribution >= 4 is 11.9 Å². The van der Waals surface area contributed by atoms with Gasteiger partial charge in [-0.1, -0.05) is 12.1 Å². The van der Waals surface area contributed by atoms with Crippen LogP contribution in [-0.4, -0.2) is 11.8 Å².